The first kappa shape index (κ1) is 18.6. The lowest BCUT2D eigenvalue weighted by atomic mass is 9.98. The number of carbonyl (C=O) groups is 1. The number of carbonyl (C=O) groups excluding carboxylic acids is 1. The molecule has 0 spiro atoms. The van der Waals surface area contributed by atoms with E-state index in [1.54, 1.807) is 17.5 Å². The van der Waals surface area contributed by atoms with Crippen molar-refractivity contribution in [1.29, 1.82) is 0 Å². The van der Waals surface area contributed by atoms with Crippen molar-refractivity contribution in [2.75, 3.05) is 18.4 Å². The molecule has 0 aliphatic carbocycles. The monoisotopic (exact) mass is 442 g/mol. The van der Waals surface area contributed by atoms with Crippen LogP contribution in [0.4, 0.5) is 5.69 Å². The van der Waals surface area contributed by atoms with Crippen LogP contribution in [0.15, 0.2) is 44.4 Å². The van der Waals surface area contributed by atoms with Gasteiger partial charge in [0.05, 0.1) is 5.92 Å². The molecule has 0 unspecified atom stereocenters. The number of benzene rings is 1. The predicted molar refractivity (Wildman–Crippen MR) is 103 cm³/mol. The average molecular weight is 443 g/mol. The van der Waals surface area contributed by atoms with Crippen molar-refractivity contribution >= 4 is 48.9 Å². The molecule has 1 amide bonds. The highest BCUT2D eigenvalue weighted by Gasteiger charge is 2.33. The number of aryl methyl sites for hydroxylation is 1. The maximum Gasteiger partial charge on any atom is 0.252 e. The normalized spacial score (nSPS) is 18.9. The predicted octanol–water partition coefficient (Wildman–Crippen LogP) is 3.86. The summed E-state index contributed by atoms with van der Waals surface area (Å²) in [5.41, 5.74) is 1.76. The molecule has 2 heterocycles. The second-order valence-electron chi connectivity index (χ2n) is 6.09. The van der Waals surface area contributed by atoms with Gasteiger partial charge in [0, 0.05) is 23.2 Å². The lowest BCUT2D eigenvalue weighted by Crippen LogP contribution is -2.43. The van der Waals surface area contributed by atoms with E-state index in [1.165, 1.54) is 15.6 Å². The van der Waals surface area contributed by atoms with Crippen LogP contribution in [0.1, 0.15) is 18.4 Å². The molecule has 25 heavy (non-hydrogen) atoms. The number of thiophene rings is 1. The highest BCUT2D eigenvalue weighted by molar-refractivity contribution is 9.10. The van der Waals surface area contributed by atoms with Gasteiger partial charge in [-0.1, -0.05) is 22.0 Å². The first-order valence-electron chi connectivity index (χ1n) is 7.98. The van der Waals surface area contributed by atoms with Gasteiger partial charge in [0.15, 0.2) is 0 Å². The molecule has 2 aromatic rings. The summed E-state index contributed by atoms with van der Waals surface area (Å²) >= 11 is 4.64. The Bertz CT molecular complexity index is 866. The second kappa shape index (κ2) is 7.57. The summed E-state index contributed by atoms with van der Waals surface area (Å²) in [5, 5.41) is 4.65. The molecule has 0 radical (unpaired) electrons. The molecule has 1 aromatic carbocycles. The van der Waals surface area contributed by atoms with Crippen molar-refractivity contribution in [3.63, 3.8) is 0 Å². The van der Waals surface area contributed by atoms with Crippen molar-refractivity contribution in [3.05, 3.63) is 45.7 Å². The summed E-state index contributed by atoms with van der Waals surface area (Å²) in [4.78, 5) is 12.6. The standard InChI is InChI=1S/C17H19BrN2O3S2/c1-12-10-14(6-7-15(12)18)19-17(21)13-4-2-8-20(11-13)25(22,23)16-5-3-9-24-16/h3,5-7,9-10,13H,2,4,8,11H2,1H3,(H,19,21)/t13-/m0/s1. The second-order valence-corrected chi connectivity index (χ2v) is 10.1. The van der Waals surface area contributed by atoms with Crippen molar-refractivity contribution in [2.45, 2.75) is 24.0 Å². The number of halogens is 1. The van der Waals surface area contributed by atoms with Gasteiger partial charge < -0.3 is 5.32 Å². The molecule has 1 aliphatic heterocycles. The minimum atomic E-state index is -3.50. The zero-order valence-electron chi connectivity index (χ0n) is 13.7. The van der Waals surface area contributed by atoms with Gasteiger partial charge >= 0.3 is 0 Å². The fraction of sp³-hybridized carbons (Fsp3) is 0.353. The molecule has 1 N–H and O–H groups in total. The fourth-order valence-electron chi connectivity index (χ4n) is 2.88. The van der Waals surface area contributed by atoms with Gasteiger partial charge in [-0.15, -0.1) is 11.3 Å². The summed E-state index contributed by atoms with van der Waals surface area (Å²) in [6, 6.07) is 8.94. The zero-order valence-corrected chi connectivity index (χ0v) is 17.0. The minimum Gasteiger partial charge on any atom is -0.326 e. The van der Waals surface area contributed by atoms with Crippen LogP contribution >= 0.6 is 27.3 Å². The maximum absolute atomic E-state index is 12.7. The third-order valence-electron chi connectivity index (χ3n) is 4.27. The van der Waals surface area contributed by atoms with Gasteiger partial charge in [-0.2, -0.15) is 4.31 Å². The van der Waals surface area contributed by atoms with Crippen LogP contribution in [-0.2, 0) is 14.8 Å². The summed E-state index contributed by atoms with van der Waals surface area (Å²) in [6.07, 6.45) is 1.37. The Morgan fingerprint density at radius 3 is 2.84 bits per heavy atom. The van der Waals surface area contributed by atoms with Crippen molar-refractivity contribution in [2.24, 2.45) is 5.92 Å². The Labute approximate surface area is 160 Å². The molecule has 0 saturated carbocycles. The van der Waals surface area contributed by atoms with Gasteiger partial charge in [-0.25, -0.2) is 8.42 Å². The van der Waals surface area contributed by atoms with Crippen LogP contribution in [0.3, 0.4) is 0 Å². The molecule has 1 aliphatic rings. The maximum atomic E-state index is 12.7. The molecule has 5 nitrogen and oxygen atoms in total. The van der Waals surface area contributed by atoms with Crippen LogP contribution in [0.25, 0.3) is 0 Å². The SMILES string of the molecule is Cc1cc(NC(=O)[C@H]2CCCN(S(=O)(=O)c3cccs3)C2)ccc1Br. The topological polar surface area (TPSA) is 66.5 Å². The van der Waals surface area contributed by atoms with Crippen LogP contribution in [-0.4, -0.2) is 31.7 Å². The van der Waals surface area contributed by atoms with Gasteiger partial charge in [0.25, 0.3) is 10.0 Å². The molecule has 1 fully saturated rings. The summed E-state index contributed by atoms with van der Waals surface area (Å²) in [7, 11) is -3.50. The molecule has 3 rings (SSSR count). The summed E-state index contributed by atoms with van der Waals surface area (Å²) < 4.78 is 28.1. The van der Waals surface area contributed by atoms with Crippen LogP contribution < -0.4 is 5.32 Å². The van der Waals surface area contributed by atoms with Gasteiger partial charge in [0.2, 0.25) is 5.91 Å². The Morgan fingerprint density at radius 1 is 1.36 bits per heavy atom. The third kappa shape index (κ3) is 4.13. The van der Waals surface area contributed by atoms with E-state index in [-0.39, 0.29) is 18.4 Å². The van der Waals surface area contributed by atoms with E-state index in [0.29, 0.717) is 23.6 Å². The number of anilines is 1. The highest BCUT2D eigenvalue weighted by Crippen LogP contribution is 2.27. The largest absolute Gasteiger partial charge is 0.326 e. The summed E-state index contributed by atoms with van der Waals surface area (Å²) in [5.74, 6) is -0.472. The van der Waals surface area contributed by atoms with Crippen molar-refractivity contribution in [1.82, 2.24) is 4.31 Å². The number of amides is 1. The van der Waals surface area contributed by atoms with E-state index in [0.717, 1.165) is 15.7 Å². The smallest absolute Gasteiger partial charge is 0.252 e. The Morgan fingerprint density at radius 2 is 2.16 bits per heavy atom. The van der Waals surface area contributed by atoms with E-state index in [2.05, 4.69) is 21.2 Å². The number of hydrogen-bond donors (Lipinski definition) is 1. The van der Waals surface area contributed by atoms with Crippen molar-refractivity contribution in [3.8, 4) is 0 Å². The van der Waals surface area contributed by atoms with Gasteiger partial charge in [0.1, 0.15) is 4.21 Å². The number of nitrogens with zero attached hydrogens (tertiary/aromatic N) is 1. The van der Waals surface area contributed by atoms with Crippen LogP contribution in [0.5, 0.6) is 0 Å². The first-order valence-corrected chi connectivity index (χ1v) is 11.1. The molecule has 1 aromatic heterocycles. The number of rotatable bonds is 4. The molecule has 134 valence electrons. The van der Waals surface area contributed by atoms with E-state index in [9.17, 15) is 13.2 Å². The van der Waals surface area contributed by atoms with Crippen LogP contribution in [0.2, 0.25) is 0 Å². The fourth-order valence-corrected chi connectivity index (χ4v) is 5.79. The average Bonchev–Trinajstić information content (AvgIpc) is 3.14. The van der Waals surface area contributed by atoms with E-state index in [1.807, 2.05) is 25.1 Å². The Balaban J connectivity index is 1.70. The molecular weight excluding hydrogens is 424 g/mol. The minimum absolute atomic E-state index is 0.132. The zero-order chi connectivity index (χ0) is 18.0. The summed E-state index contributed by atoms with van der Waals surface area (Å²) in [6.45, 7) is 2.64. The molecular formula is C17H19BrN2O3S2. The van der Waals surface area contributed by atoms with Gasteiger partial charge in [-0.3, -0.25) is 4.79 Å². The van der Waals surface area contributed by atoms with Crippen LogP contribution in [0, 0.1) is 12.8 Å². The number of piperidine rings is 1. The highest BCUT2D eigenvalue weighted by atomic mass is 79.9. The lowest BCUT2D eigenvalue weighted by Gasteiger charge is -2.30. The van der Waals surface area contributed by atoms with E-state index in [4.69, 9.17) is 0 Å². The molecule has 8 heteroatoms. The molecule has 1 saturated heterocycles. The molecule has 0 bridgehead atoms. The van der Waals surface area contributed by atoms with Crippen molar-refractivity contribution < 1.29 is 13.2 Å². The van der Waals surface area contributed by atoms with E-state index >= 15 is 0 Å². The third-order valence-corrected chi connectivity index (χ3v) is 8.40. The molecule has 1 atom stereocenters. The first-order chi connectivity index (χ1) is 11.9. The quantitative estimate of drug-likeness (QED) is 0.781. The Kier molecular flexibility index (Phi) is 5.62. The number of sulfonamides is 1. The lowest BCUT2D eigenvalue weighted by molar-refractivity contribution is -0.120. The Hall–Kier alpha value is -1.22. The van der Waals surface area contributed by atoms with Gasteiger partial charge in [-0.05, 0) is 55.0 Å². The van der Waals surface area contributed by atoms with E-state index < -0.39 is 10.0 Å². The number of nitrogens with one attached hydrogen (secondary N) is 1. The number of hydrogen-bond acceptors (Lipinski definition) is 4.